The van der Waals surface area contributed by atoms with Crippen molar-refractivity contribution in [3.63, 3.8) is 0 Å². The lowest BCUT2D eigenvalue weighted by atomic mass is 9.71. The lowest BCUT2D eigenvalue weighted by molar-refractivity contribution is 0.374. The summed E-state index contributed by atoms with van der Waals surface area (Å²) in [5.41, 5.74) is 7.46. The van der Waals surface area contributed by atoms with Crippen LogP contribution in [0.5, 0.6) is 0 Å². The van der Waals surface area contributed by atoms with Crippen molar-refractivity contribution in [1.29, 1.82) is 0 Å². The Morgan fingerprint density at radius 1 is 0.559 bits per heavy atom. The average molecular weight is 456 g/mol. The van der Waals surface area contributed by atoms with Crippen molar-refractivity contribution in [2.45, 2.75) is 103 Å². The van der Waals surface area contributed by atoms with Crippen LogP contribution in [0.3, 0.4) is 0 Å². The fourth-order valence-electron chi connectivity index (χ4n) is 5.05. The van der Waals surface area contributed by atoms with E-state index in [1.165, 1.54) is 27.8 Å². The van der Waals surface area contributed by atoms with Crippen LogP contribution in [0.2, 0.25) is 0 Å². The molecule has 0 N–H and O–H groups in total. The lowest BCUT2D eigenvalue weighted by Crippen LogP contribution is -2.25. The van der Waals surface area contributed by atoms with E-state index in [4.69, 9.17) is 0 Å². The smallest absolute Gasteiger partial charge is 0.0303 e. The second-order valence-electron chi connectivity index (χ2n) is 13.1. The number of hydrogen-bond acceptors (Lipinski definition) is 1. The third-order valence-electron chi connectivity index (χ3n) is 7.72. The molecule has 1 heteroatoms. The van der Waals surface area contributed by atoms with E-state index >= 15 is 0 Å². The van der Waals surface area contributed by atoms with Crippen molar-refractivity contribution >= 4 is 0 Å². The summed E-state index contributed by atoms with van der Waals surface area (Å²) in [6, 6.07) is 22.5. The molecule has 0 radical (unpaired) electrons. The molecule has 0 fully saturated rings. The maximum atomic E-state index is 4.45. The van der Waals surface area contributed by atoms with E-state index in [2.05, 4.69) is 134 Å². The topological polar surface area (TPSA) is 12.9 Å². The molecule has 0 aliphatic carbocycles. The van der Waals surface area contributed by atoms with Gasteiger partial charge in [0.15, 0.2) is 0 Å². The van der Waals surface area contributed by atoms with Gasteiger partial charge in [-0.15, -0.1) is 0 Å². The van der Waals surface area contributed by atoms with Gasteiger partial charge < -0.3 is 0 Å². The molecular formula is C33H45N. The number of nitrogens with zero attached hydrogens (tertiary/aromatic N) is 1. The Balaban J connectivity index is 1.75. The third-order valence-corrected chi connectivity index (χ3v) is 7.72. The summed E-state index contributed by atoms with van der Waals surface area (Å²) in [5, 5.41) is 0. The largest absolute Gasteiger partial charge is 0.264 e. The lowest BCUT2D eigenvalue weighted by Gasteiger charge is -2.33. The van der Waals surface area contributed by atoms with Crippen LogP contribution in [0, 0.1) is 0 Å². The zero-order valence-corrected chi connectivity index (χ0v) is 23.0. The van der Waals surface area contributed by atoms with Crippen LogP contribution in [-0.4, -0.2) is 4.98 Å². The Morgan fingerprint density at radius 2 is 1.03 bits per heavy atom. The van der Waals surface area contributed by atoms with Gasteiger partial charge in [0.05, 0.1) is 0 Å². The Labute approximate surface area is 209 Å². The molecule has 0 spiro atoms. The fourth-order valence-corrected chi connectivity index (χ4v) is 5.05. The maximum absolute atomic E-state index is 4.45. The second-order valence-corrected chi connectivity index (χ2v) is 13.1. The van der Waals surface area contributed by atoms with Crippen LogP contribution in [0.1, 0.15) is 103 Å². The highest BCUT2D eigenvalue weighted by molar-refractivity contribution is 5.37. The molecule has 1 heterocycles. The van der Waals surface area contributed by atoms with Gasteiger partial charge in [-0.2, -0.15) is 0 Å². The van der Waals surface area contributed by atoms with Gasteiger partial charge in [-0.05, 0) is 74.8 Å². The summed E-state index contributed by atoms with van der Waals surface area (Å²) in [5.74, 6) is 0. The zero-order chi connectivity index (χ0) is 25.2. The Hall–Kier alpha value is -2.41. The van der Waals surface area contributed by atoms with Gasteiger partial charge in [0.25, 0.3) is 0 Å². The molecule has 182 valence electrons. The molecule has 34 heavy (non-hydrogen) atoms. The minimum Gasteiger partial charge on any atom is -0.264 e. The molecular weight excluding hydrogens is 410 g/mol. The Kier molecular flexibility index (Phi) is 7.46. The van der Waals surface area contributed by atoms with Crippen LogP contribution in [-0.2, 0) is 28.1 Å². The van der Waals surface area contributed by atoms with E-state index in [1.54, 1.807) is 0 Å². The van der Waals surface area contributed by atoms with Gasteiger partial charge in [-0.1, -0.05) is 117 Å². The van der Waals surface area contributed by atoms with Crippen molar-refractivity contribution < 1.29 is 0 Å². The summed E-state index contributed by atoms with van der Waals surface area (Å²) in [7, 11) is 0. The van der Waals surface area contributed by atoms with Gasteiger partial charge in [0.1, 0.15) is 0 Å². The standard InChI is InChI=1S/C33H45N/c1-30(2,3)29-19-22-34-24-25(29)23-33(8,9)28-17-15-27(16-18-28)32(6,7)21-20-31(4,5)26-13-11-10-12-14-26/h10-19,22,24H,20-21,23H2,1-9H3. The first-order chi connectivity index (χ1) is 15.7. The van der Waals surface area contributed by atoms with Crippen molar-refractivity contribution in [3.05, 3.63) is 101 Å². The molecule has 0 saturated carbocycles. The second kappa shape index (κ2) is 9.68. The van der Waals surface area contributed by atoms with Crippen LogP contribution in [0.15, 0.2) is 73.1 Å². The summed E-state index contributed by atoms with van der Waals surface area (Å²) < 4.78 is 0. The minimum atomic E-state index is 0.0427. The predicted octanol–water partition coefficient (Wildman–Crippen LogP) is 8.94. The molecule has 3 aromatic rings. The van der Waals surface area contributed by atoms with Crippen molar-refractivity contribution in [1.82, 2.24) is 4.98 Å². The van der Waals surface area contributed by atoms with Gasteiger partial charge in [0, 0.05) is 12.4 Å². The van der Waals surface area contributed by atoms with Crippen LogP contribution in [0.25, 0.3) is 0 Å². The van der Waals surface area contributed by atoms with E-state index in [1.807, 2.05) is 6.20 Å². The zero-order valence-electron chi connectivity index (χ0n) is 23.0. The highest BCUT2D eigenvalue weighted by Gasteiger charge is 2.29. The molecule has 1 nitrogen and oxygen atoms in total. The molecule has 0 saturated heterocycles. The van der Waals surface area contributed by atoms with Crippen molar-refractivity contribution in [2.75, 3.05) is 0 Å². The fraction of sp³-hybridized carbons (Fsp3) is 0.485. The first-order valence-electron chi connectivity index (χ1n) is 12.8. The summed E-state index contributed by atoms with van der Waals surface area (Å²) in [4.78, 5) is 4.45. The van der Waals surface area contributed by atoms with E-state index < -0.39 is 0 Å². The summed E-state index contributed by atoms with van der Waals surface area (Å²) in [6.45, 7) is 21.1. The Morgan fingerprint density at radius 3 is 1.53 bits per heavy atom. The molecule has 1 aromatic heterocycles. The van der Waals surface area contributed by atoms with E-state index in [0.717, 1.165) is 19.3 Å². The quantitative estimate of drug-likeness (QED) is 0.330. The molecule has 0 bridgehead atoms. The molecule has 0 aliphatic rings. The highest BCUT2D eigenvalue weighted by atomic mass is 14.6. The average Bonchev–Trinajstić information content (AvgIpc) is 2.78. The van der Waals surface area contributed by atoms with Gasteiger partial charge in [0.2, 0.25) is 0 Å². The van der Waals surface area contributed by atoms with E-state index in [-0.39, 0.29) is 21.7 Å². The van der Waals surface area contributed by atoms with Crippen molar-refractivity contribution in [3.8, 4) is 0 Å². The Bertz CT molecular complexity index is 1060. The number of rotatable bonds is 8. The maximum Gasteiger partial charge on any atom is 0.0303 e. The predicted molar refractivity (Wildman–Crippen MR) is 148 cm³/mol. The number of hydrogen-bond donors (Lipinski definition) is 0. The van der Waals surface area contributed by atoms with Crippen LogP contribution in [0.4, 0.5) is 0 Å². The normalized spacial score (nSPS) is 13.2. The molecule has 0 unspecified atom stereocenters. The summed E-state index contributed by atoms with van der Waals surface area (Å²) in [6.07, 6.45) is 7.29. The van der Waals surface area contributed by atoms with Crippen LogP contribution >= 0.6 is 0 Å². The van der Waals surface area contributed by atoms with E-state index in [9.17, 15) is 0 Å². The van der Waals surface area contributed by atoms with Gasteiger partial charge in [-0.3, -0.25) is 4.98 Å². The third kappa shape index (κ3) is 6.17. The summed E-state index contributed by atoms with van der Waals surface area (Å²) >= 11 is 0. The molecule has 2 aromatic carbocycles. The van der Waals surface area contributed by atoms with Crippen LogP contribution < -0.4 is 0 Å². The van der Waals surface area contributed by atoms with E-state index in [0.29, 0.717) is 0 Å². The first-order valence-corrected chi connectivity index (χ1v) is 12.8. The SMILES string of the molecule is CC(C)(C)c1ccncc1CC(C)(C)c1ccc(C(C)(C)CCC(C)(C)c2ccccc2)cc1. The first kappa shape index (κ1) is 26.2. The molecule has 0 amide bonds. The molecule has 3 rings (SSSR count). The molecule has 0 aliphatic heterocycles. The number of aromatic nitrogens is 1. The van der Waals surface area contributed by atoms with Gasteiger partial charge in [-0.25, -0.2) is 0 Å². The van der Waals surface area contributed by atoms with Gasteiger partial charge >= 0.3 is 0 Å². The monoisotopic (exact) mass is 455 g/mol. The van der Waals surface area contributed by atoms with Crippen molar-refractivity contribution in [2.24, 2.45) is 0 Å². The highest BCUT2D eigenvalue weighted by Crippen LogP contribution is 2.38. The molecule has 0 atom stereocenters. The number of benzene rings is 2. The minimum absolute atomic E-state index is 0.0427. The number of pyridine rings is 1.